The number of hydrogen-bond donors (Lipinski definition) is 1. The van der Waals surface area contributed by atoms with Crippen LogP contribution in [0.1, 0.15) is 53.6 Å². The molecule has 2 aliphatic rings. The lowest BCUT2D eigenvalue weighted by Gasteiger charge is -2.30. The molecule has 30 heavy (non-hydrogen) atoms. The third-order valence-electron chi connectivity index (χ3n) is 5.90. The minimum atomic E-state index is -0.0847. The van der Waals surface area contributed by atoms with Crippen molar-refractivity contribution in [3.63, 3.8) is 0 Å². The maximum atomic E-state index is 13.0. The smallest absolute Gasteiger partial charge is 0.258 e. The van der Waals surface area contributed by atoms with Crippen LogP contribution in [-0.4, -0.2) is 35.9 Å². The van der Waals surface area contributed by atoms with Crippen molar-refractivity contribution < 1.29 is 14.3 Å². The highest BCUT2D eigenvalue weighted by molar-refractivity contribution is 9.10. The molecule has 1 fully saturated rings. The van der Waals surface area contributed by atoms with E-state index in [1.165, 1.54) is 19.3 Å². The van der Waals surface area contributed by atoms with Gasteiger partial charge in [-0.3, -0.25) is 9.59 Å². The molecule has 0 bridgehead atoms. The van der Waals surface area contributed by atoms with Crippen LogP contribution in [0.2, 0.25) is 0 Å². The molecule has 158 valence electrons. The lowest BCUT2D eigenvalue weighted by Crippen LogP contribution is -2.39. The van der Waals surface area contributed by atoms with Gasteiger partial charge in [0.15, 0.2) is 6.61 Å². The zero-order chi connectivity index (χ0) is 20.9. The number of benzene rings is 2. The topological polar surface area (TPSA) is 58.6 Å². The molecule has 2 aromatic carbocycles. The fourth-order valence-electron chi connectivity index (χ4n) is 4.30. The first-order valence-electron chi connectivity index (χ1n) is 10.7. The number of amides is 2. The van der Waals surface area contributed by atoms with E-state index in [1.807, 2.05) is 47.4 Å². The first-order valence-corrected chi connectivity index (χ1v) is 11.5. The molecule has 1 aliphatic carbocycles. The number of hydrogen-bond acceptors (Lipinski definition) is 3. The molecule has 0 aromatic heterocycles. The van der Waals surface area contributed by atoms with E-state index < -0.39 is 0 Å². The van der Waals surface area contributed by atoms with Crippen molar-refractivity contribution in [1.82, 2.24) is 10.2 Å². The molecule has 1 N–H and O–H groups in total. The van der Waals surface area contributed by atoms with Crippen molar-refractivity contribution in [3.8, 4) is 5.75 Å². The second-order valence-electron chi connectivity index (χ2n) is 8.08. The molecule has 0 unspecified atom stereocenters. The Morgan fingerprint density at radius 1 is 1.10 bits per heavy atom. The Bertz CT molecular complexity index is 907. The highest BCUT2D eigenvalue weighted by Crippen LogP contribution is 2.29. The standard InChI is InChI=1S/C24H27BrN2O3/c25-18-11-9-17(10-12-18)15-27-14-13-20-21(24(27)29)7-4-8-22(20)30-16-23(28)26-19-5-2-1-3-6-19/h4,7-12,19H,1-3,5-6,13-16H2,(H,26,28). The summed E-state index contributed by atoms with van der Waals surface area (Å²) in [5.41, 5.74) is 2.67. The summed E-state index contributed by atoms with van der Waals surface area (Å²) in [6.45, 7) is 1.21. The fourth-order valence-corrected chi connectivity index (χ4v) is 4.56. The van der Waals surface area contributed by atoms with E-state index in [9.17, 15) is 9.59 Å². The van der Waals surface area contributed by atoms with Gasteiger partial charge < -0.3 is 15.0 Å². The van der Waals surface area contributed by atoms with E-state index in [-0.39, 0.29) is 24.5 Å². The van der Waals surface area contributed by atoms with Gasteiger partial charge in [0.1, 0.15) is 5.75 Å². The SMILES string of the molecule is O=C(COc1cccc2c1CCN(Cc1ccc(Br)cc1)C2=O)NC1CCCCC1. The first kappa shape index (κ1) is 20.9. The molecule has 4 rings (SSSR count). The van der Waals surface area contributed by atoms with Gasteiger partial charge in [-0.25, -0.2) is 0 Å². The largest absolute Gasteiger partial charge is 0.483 e. The van der Waals surface area contributed by atoms with E-state index in [1.54, 1.807) is 0 Å². The van der Waals surface area contributed by atoms with Crippen LogP contribution in [-0.2, 0) is 17.8 Å². The lowest BCUT2D eigenvalue weighted by molar-refractivity contribution is -0.124. The van der Waals surface area contributed by atoms with Gasteiger partial charge in [0.05, 0.1) is 0 Å². The summed E-state index contributed by atoms with van der Waals surface area (Å²) in [6.07, 6.45) is 6.43. The van der Waals surface area contributed by atoms with E-state index >= 15 is 0 Å². The summed E-state index contributed by atoms with van der Waals surface area (Å²) >= 11 is 3.44. The number of carbonyl (C=O) groups is 2. The molecule has 2 amide bonds. The summed E-state index contributed by atoms with van der Waals surface area (Å²) in [4.78, 5) is 27.2. The molecular weight excluding hydrogens is 444 g/mol. The van der Waals surface area contributed by atoms with E-state index in [4.69, 9.17) is 4.74 Å². The average molecular weight is 471 g/mol. The van der Waals surface area contributed by atoms with Gasteiger partial charge in [-0.1, -0.05) is 53.4 Å². The fraction of sp³-hybridized carbons (Fsp3) is 0.417. The molecule has 0 saturated heterocycles. The van der Waals surface area contributed by atoms with Crippen LogP contribution in [0, 0.1) is 0 Å². The molecule has 6 heteroatoms. The summed E-state index contributed by atoms with van der Waals surface area (Å²) in [7, 11) is 0. The Hall–Kier alpha value is -2.34. The zero-order valence-electron chi connectivity index (χ0n) is 17.0. The molecule has 1 aliphatic heterocycles. The Morgan fingerprint density at radius 3 is 2.63 bits per heavy atom. The van der Waals surface area contributed by atoms with Gasteiger partial charge in [-0.15, -0.1) is 0 Å². The molecule has 2 aromatic rings. The highest BCUT2D eigenvalue weighted by Gasteiger charge is 2.27. The monoisotopic (exact) mass is 470 g/mol. The summed E-state index contributed by atoms with van der Waals surface area (Å²) in [6, 6.07) is 13.8. The highest BCUT2D eigenvalue weighted by atomic mass is 79.9. The number of rotatable bonds is 6. The van der Waals surface area contributed by atoms with Crippen molar-refractivity contribution in [1.29, 1.82) is 0 Å². The predicted octanol–water partition coefficient (Wildman–Crippen LogP) is 4.48. The molecule has 0 spiro atoms. The van der Waals surface area contributed by atoms with Crippen molar-refractivity contribution in [2.75, 3.05) is 13.2 Å². The Balaban J connectivity index is 1.38. The number of nitrogens with one attached hydrogen (secondary N) is 1. The van der Waals surface area contributed by atoms with Crippen LogP contribution in [0.3, 0.4) is 0 Å². The van der Waals surface area contributed by atoms with Crippen molar-refractivity contribution in [2.24, 2.45) is 0 Å². The van der Waals surface area contributed by atoms with Gasteiger partial charge in [0.25, 0.3) is 11.8 Å². The van der Waals surface area contributed by atoms with Gasteiger partial charge in [0.2, 0.25) is 0 Å². The number of fused-ring (bicyclic) bond motifs is 1. The predicted molar refractivity (Wildman–Crippen MR) is 120 cm³/mol. The van der Waals surface area contributed by atoms with Crippen molar-refractivity contribution in [3.05, 3.63) is 63.6 Å². The van der Waals surface area contributed by atoms with Crippen LogP contribution in [0.4, 0.5) is 0 Å². The minimum absolute atomic E-state index is 0.0102. The second-order valence-corrected chi connectivity index (χ2v) is 8.99. The summed E-state index contributed by atoms with van der Waals surface area (Å²) < 4.78 is 6.86. The van der Waals surface area contributed by atoms with Gasteiger partial charge in [-0.05, 0) is 49.1 Å². The Kier molecular flexibility index (Phi) is 6.72. The molecular formula is C24H27BrN2O3. The van der Waals surface area contributed by atoms with Gasteiger partial charge in [-0.2, -0.15) is 0 Å². The molecule has 0 radical (unpaired) electrons. The Labute approximate surface area is 185 Å². The van der Waals surface area contributed by atoms with Crippen LogP contribution >= 0.6 is 15.9 Å². The van der Waals surface area contributed by atoms with Crippen LogP contribution in [0.5, 0.6) is 5.75 Å². The number of halogens is 1. The zero-order valence-corrected chi connectivity index (χ0v) is 18.6. The third-order valence-corrected chi connectivity index (χ3v) is 6.43. The van der Waals surface area contributed by atoms with Crippen molar-refractivity contribution in [2.45, 2.75) is 51.1 Å². The van der Waals surface area contributed by atoms with Crippen LogP contribution in [0.25, 0.3) is 0 Å². The molecule has 1 heterocycles. The molecule has 0 atom stereocenters. The van der Waals surface area contributed by atoms with Crippen molar-refractivity contribution >= 4 is 27.7 Å². The maximum Gasteiger partial charge on any atom is 0.258 e. The lowest BCUT2D eigenvalue weighted by atomic mass is 9.95. The normalized spacial score (nSPS) is 16.8. The van der Waals surface area contributed by atoms with E-state index in [2.05, 4.69) is 21.2 Å². The van der Waals surface area contributed by atoms with E-state index in [0.717, 1.165) is 34.9 Å². The van der Waals surface area contributed by atoms with E-state index in [0.29, 0.717) is 24.4 Å². The average Bonchev–Trinajstić information content (AvgIpc) is 2.76. The van der Waals surface area contributed by atoms with Crippen LogP contribution in [0.15, 0.2) is 46.9 Å². The van der Waals surface area contributed by atoms with Gasteiger partial charge >= 0.3 is 0 Å². The van der Waals surface area contributed by atoms with Crippen LogP contribution < -0.4 is 10.1 Å². The molecule has 1 saturated carbocycles. The minimum Gasteiger partial charge on any atom is -0.483 e. The molecule has 5 nitrogen and oxygen atoms in total. The third kappa shape index (κ3) is 5.04. The summed E-state index contributed by atoms with van der Waals surface area (Å²) in [5.74, 6) is 0.567. The summed E-state index contributed by atoms with van der Waals surface area (Å²) in [5, 5.41) is 3.07. The maximum absolute atomic E-state index is 13.0. The first-order chi connectivity index (χ1) is 14.6. The number of carbonyl (C=O) groups excluding carboxylic acids is 2. The Morgan fingerprint density at radius 2 is 1.87 bits per heavy atom. The quantitative estimate of drug-likeness (QED) is 0.676. The van der Waals surface area contributed by atoms with Gasteiger partial charge in [0, 0.05) is 34.7 Å². The second kappa shape index (κ2) is 9.65. The number of nitrogens with zero attached hydrogens (tertiary/aromatic N) is 1. The number of ether oxygens (including phenoxy) is 1.